The highest BCUT2D eigenvalue weighted by molar-refractivity contribution is 7.80. The van der Waals surface area contributed by atoms with E-state index in [9.17, 15) is 0 Å². The van der Waals surface area contributed by atoms with E-state index in [0.717, 1.165) is 11.3 Å². The SMILES string of the molecule is CN(C)c1ccc(C(=S)NN)cc1. The highest BCUT2D eigenvalue weighted by Gasteiger charge is 1.99. The van der Waals surface area contributed by atoms with E-state index in [1.54, 1.807) is 0 Å². The van der Waals surface area contributed by atoms with Crippen molar-refractivity contribution in [3.63, 3.8) is 0 Å². The minimum atomic E-state index is 0.560. The van der Waals surface area contributed by atoms with Gasteiger partial charge in [0.25, 0.3) is 0 Å². The highest BCUT2D eigenvalue weighted by Crippen LogP contribution is 2.11. The van der Waals surface area contributed by atoms with Gasteiger partial charge >= 0.3 is 0 Å². The summed E-state index contributed by atoms with van der Waals surface area (Å²) >= 11 is 4.98. The molecule has 0 saturated carbocycles. The van der Waals surface area contributed by atoms with Crippen LogP contribution in [0.25, 0.3) is 0 Å². The highest BCUT2D eigenvalue weighted by atomic mass is 32.1. The molecule has 0 aromatic heterocycles. The maximum atomic E-state index is 5.20. The van der Waals surface area contributed by atoms with Crippen LogP contribution in [0.2, 0.25) is 0 Å². The molecule has 1 rings (SSSR count). The van der Waals surface area contributed by atoms with Gasteiger partial charge in [0.15, 0.2) is 0 Å². The Kier molecular flexibility index (Phi) is 3.22. The standard InChI is InChI=1S/C9H13N3S/c1-12(2)8-5-3-7(4-6-8)9(13)11-10/h3-6H,10H2,1-2H3,(H,11,13). The molecule has 0 aliphatic rings. The van der Waals surface area contributed by atoms with Crippen LogP contribution in [0.5, 0.6) is 0 Å². The fourth-order valence-electron chi connectivity index (χ4n) is 0.994. The van der Waals surface area contributed by atoms with Crippen molar-refractivity contribution in [1.29, 1.82) is 0 Å². The van der Waals surface area contributed by atoms with Gasteiger partial charge in [0, 0.05) is 25.3 Å². The average Bonchev–Trinajstić information content (AvgIpc) is 2.17. The predicted molar refractivity (Wildman–Crippen MR) is 59.8 cm³/mol. The molecule has 0 unspecified atom stereocenters. The first-order valence-electron chi connectivity index (χ1n) is 3.93. The second-order valence-corrected chi connectivity index (χ2v) is 3.32. The monoisotopic (exact) mass is 195 g/mol. The summed E-state index contributed by atoms with van der Waals surface area (Å²) in [4.78, 5) is 2.59. The Balaban J connectivity index is 2.87. The fourth-order valence-corrected chi connectivity index (χ4v) is 1.13. The van der Waals surface area contributed by atoms with Crippen LogP contribution in [-0.2, 0) is 0 Å². The van der Waals surface area contributed by atoms with E-state index in [-0.39, 0.29) is 0 Å². The van der Waals surface area contributed by atoms with E-state index in [1.165, 1.54) is 0 Å². The molecule has 70 valence electrons. The molecule has 0 radical (unpaired) electrons. The molecular formula is C9H13N3S. The number of hydrogen-bond acceptors (Lipinski definition) is 3. The molecule has 0 bridgehead atoms. The third-order valence-corrected chi connectivity index (χ3v) is 2.13. The van der Waals surface area contributed by atoms with E-state index in [1.807, 2.05) is 43.3 Å². The van der Waals surface area contributed by atoms with Gasteiger partial charge in [-0.3, -0.25) is 0 Å². The Morgan fingerprint density at radius 1 is 1.31 bits per heavy atom. The lowest BCUT2D eigenvalue weighted by Gasteiger charge is -2.12. The number of nitrogens with one attached hydrogen (secondary N) is 1. The molecule has 0 aliphatic heterocycles. The summed E-state index contributed by atoms with van der Waals surface area (Å²) in [5.74, 6) is 5.20. The van der Waals surface area contributed by atoms with Crippen LogP contribution >= 0.6 is 12.2 Å². The topological polar surface area (TPSA) is 41.3 Å². The van der Waals surface area contributed by atoms with Gasteiger partial charge in [-0.05, 0) is 24.3 Å². The van der Waals surface area contributed by atoms with Crippen molar-refractivity contribution in [2.45, 2.75) is 0 Å². The largest absolute Gasteiger partial charge is 0.378 e. The maximum Gasteiger partial charge on any atom is 0.120 e. The molecule has 3 N–H and O–H groups in total. The summed E-state index contributed by atoms with van der Waals surface area (Å²) in [6, 6.07) is 7.88. The molecule has 0 saturated heterocycles. The number of hydrazine groups is 1. The molecule has 0 spiro atoms. The van der Waals surface area contributed by atoms with Gasteiger partial charge in [0.2, 0.25) is 0 Å². The lowest BCUT2D eigenvalue weighted by molar-refractivity contribution is 1.05. The van der Waals surface area contributed by atoms with Crippen LogP contribution in [-0.4, -0.2) is 19.1 Å². The number of rotatable bonds is 2. The first-order valence-corrected chi connectivity index (χ1v) is 4.34. The first kappa shape index (κ1) is 9.95. The Morgan fingerprint density at radius 3 is 2.23 bits per heavy atom. The zero-order valence-electron chi connectivity index (χ0n) is 7.74. The first-order chi connectivity index (χ1) is 6.15. The van der Waals surface area contributed by atoms with Gasteiger partial charge in [0.05, 0.1) is 0 Å². The number of anilines is 1. The lowest BCUT2D eigenvalue weighted by atomic mass is 10.2. The van der Waals surface area contributed by atoms with Crippen LogP contribution in [0.1, 0.15) is 5.56 Å². The normalized spacial score (nSPS) is 9.46. The van der Waals surface area contributed by atoms with Crippen molar-refractivity contribution in [3.8, 4) is 0 Å². The van der Waals surface area contributed by atoms with Crippen molar-refractivity contribution in [1.82, 2.24) is 5.43 Å². The van der Waals surface area contributed by atoms with Crippen LogP contribution in [0.15, 0.2) is 24.3 Å². The van der Waals surface area contributed by atoms with E-state index in [0.29, 0.717) is 4.99 Å². The van der Waals surface area contributed by atoms with E-state index in [2.05, 4.69) is 5.43 Å². The Morgan fingerprint density at radius 2 is 1.85 bits per heavy atom. The Bertz CT molecular complexity index is 292. The molecular weight excluding hydrogens is 182 g/mol. The zero-order valence-corrected chi connectivity index (χ0v) is 8.56. The minimum Gasteiger partial charge on any atom is -0.378 e. The summed E-state index contributed by atoms with van der Waals surface area (Å²) in [5, 5.41) is 0. The van der Waals surface area contributed by atoms with Gasteiger partial charge in [-0.1, -0.05) is 12.2 Å². The van der Waals surface area contributed by atoms with Gasteiger partial charge in [-0.15, -0.1) is 0 Å². The number of nitrogens with two attached hydrogens (primary N) is 1. The third-order valence-electron chi connectivity index (χ3n) is 1.78. The second-order valence-electron chi connectivity index (χ2n) is 2.91. The van der Waals surface area contributed by atoms with Crippen LogP contribution in [0, 0.1) is 0 Å². The van der Waals surface area contributed by atoms with E-state index >= 15 is 0 Å². The van der Waals surface area contributed by atoms with Crippen molar-refractivity contribution in [2.75, 3.05) is 19.0 Å². The van der Waals surface area contributed by atoms with E-state index < -0.39 is 0 Å². The van der Waals surface area contributed by atoms with Gasteiger partial charge in [-0.25, -0.2) is 5.84 Å². The summed E-state index contributed by atoms with van der Waals surface area (Å²) < 4.78 is 0. The molecule has 3 nitrogen and oxygen atoms in total. The smallest absolute Gasteiger partial charge is 0.120 e. The predicted octanol–water partition coefficient (Wildman–Crippen LogP) is 0.891. The molecule has 1 aromatic carbocycles. The quantitative estimate of drug-likeness (QED) is 0.418. The summed E-state index contributed by atoms with van der Waals surface area (Å²) in [7, 11) is 3.99. The van der Waals surface area contributed by atoms with Crippen molar-refractivity contribution >= 4 is 22.9 Å². The van der Waals surface area contributed by atoms with Gasteiger partial charge in [0.1, 0.15) is 4.99 Å². The number of nitrogens with zero attached hydrogens (tertiary/aromatic N) is 1. The second kappa shape index (κ2) is 4.20. The van der Waals surface area contributed by atoms with Crippen molar-refractivity contribution in [3.05, 3.63) is 29.8 Å². The lowest BCUT2D eigenvalue weighted by Crippen LogP contribution is -2.29. The Labute approximate surface area is 83.5 Å². The number of hydrogen-bond donors (Lipinski definition) is 2. The van der Waals surface area contributed by atoms with Crippen LogP contribution in [0.4, 0.5) is 5.69 Å². The van der Waals surface area contributed by atoms with Gasteiger partial charge in [-0.2, -0.15) is 0 Å². The molecule has 4 heteroatoms. The number of thiocarbonyl (C=S) groups is 1. The molecule has 0 atom stereocenters. The van der Waals surface area contributed by atoms with Crippen LogP contribution in [0.3, 0.4) is 0 Å². The van der Waals surface area contributed by atoms with Crippen molar-refractivity contribution in [2.24, 2.45) is 5.84 Å². The Hall–Kier alpha value is -1.13. The molecule has 0 amide bonds. The summed E-state index contributed by atoms with van der Waals surface area (Å²) in [6.07, 6.45) is 0. The van der Waals surface area contributed by atoms with E-state index in [4.69, 9.17) is 18.1 Å². The third kappa shape index (κ3) is 2.40. The van der Waals surface area contributed by atoms with Crippen LogP contribution < -0.4 is 16.2 Å². The average molecular weight is 195 g/mol. The molecule has 0 heterocycles. The number of benzene rings is 1. The zero-order chi connectivity index (χ0) is 9.84. The summed E-state index contributed by atoms with van der Waals surface area (Å²) in [6.45, 7) is 0. The van der Waals surface area contributed by atoms with Crippen molar-refractivity contribution < 1.29 is 0 Å². The van der Waals surface area contributed by atoms with Gasteiger partial charge < -0.3 is 10.3 Å². The minimum absolute atomic E-state index is 0.560. The summed E-state index contributed by atoms with van der Waals surface area (Å²) in [5.41, 5.74) is 4.52. The molecule has 0 fully saturated rings. The molecule has 1 aromatic rings. The fraction of sp³-hybridized carbons (Fsp3) is 0.222. The molecule has 13 heavy (non-hydrogen) atoms. The molecule has 0 aliphatic carbocycles. The maximum absolute atomic E-state index is 5.20.